The average molecular weight is 337 g/mol. The molecule has 5 heteroatoms. The molecule has 0 bridgehead atoms. The molecular weight excluding hydrogens is 312 g/mol. The van der Waals surface area contributed by atoms with Crippen molar-refractivity contribution in [1.29, 1.82) is 0 Å². The predicted octanol–water partition coefficient (Wildman–Crippen LogP) is 2.66. The molecule has 0 aromatic carbocycles. The Morgan fingerprint density at radius 3 is 2.89 bits per heavy atom. The number of hydrogen-bond acceptors (Lipinski definition) is 4. The number of alkyl halides is 1. The third-order valence-corrected chi connectivity index (χ3v) is 4.54. The summed E-state index contributed by atoms with van der Waals surface area (Å²) in [5.74, 6) is -0.417. The first-order chi connectivity index (χ1) is 8.98. The Balaban J connectivity index is 2.24. The molecule has 1 N–H and O–H groups in total. The standard InChI is InChI=1S/C14H25BrO4/c1-3-4-5-6-18-9-12-7-11(13(16)19-12)8-14(2,17)10-15/h11-12,17H,3-10H2,1-2H3. The molecule has 0 aromatic heterocycles. The van der Waals surface area contributed by atoms with Crippen LogP contribution in [0.2, 0.25) is 0 Å². The van der Waals surface area contributed by atoms with E-state index >= 15 is 0 Å². The van der Waals surface area contributed by atoms with E-state index in [9.17, 15) is 9.90 Å². The van der Waals surface area contributed by atoms with Gasteiger partial charge in [0.2, 0.25) is 0 Å². The molecule has 1 aliphatic rings. The normalized spacial score (nSPS) is 26.2. The summed E-state index contributed by atoms with van der Waals surface area (Å²) in [7, 11) is 0. The number of esters is 1. The molecule has 3 atom stereocenters. The summed E-state index contributed by atoms with van der Waals surface area (Å²) in [4.78, 5) is 11.7. The van der Waals surface area contributed by atoms with Crippen LogP contribution in [0.1, 0.15) is 46.0 Å². The van der Waals surface area contributed by atoms with E-state index in [4.69, 9.17) is 9.47 Å². The van der Waals surface area contributed by atoms with E-state index in [1.54, 1.807) is 6.92 Å². The smallest absolute Gasteiger partial charge is 0.309 e. The number of cyclic esters (lactones) is 1. The second-order valence-corrected chi connectivity index (χ2v) is 6.17. The molecule has 0 radical (unpaired) electrons. The Kier molecular flexibility index (Phi) is 7.32. The van der Waals surface area contributed by atoms with E-state index < -0.39 is 5.60 Å². The van der Waals surface area contributed by atoms with Crippen LogP contribution in [0.4, 0.5) is 0 Å². The predicted molar refractivity (Wildman–Crippen MR) is 77.4 cm³/mol. The largest absolute Gasteiger partial charge is 0.460 e. The summed E-state index contributed by atoms with van der Waals surface area (Å²) in [5.41, 5.74) is -0.861. The van der Waals surface area contributed by atoms with Crippen LogP contribution in [0.15, 0.2) is 0 Å². The number of halogens is 1. The Morgan fingerprint density at radius 2 is 2.26 bits per heavy atom. The van der Waals surface area contributed by atoms with Crippen LogP contribution in [0.5, 0.6) is 0 Å². The highest BCUT2D eigenvalue weighted by atomic mass is 79.9. The van der Waals surface area contributed by atoms with E-state index in [-0.39, 0.29) is 18.0 Å². The summed E-state index contributed by atoms with van der Waals surface area (Å²) < 4.78 is 10.8. The summed E-state index contributed by atoms with van der Waals surface area (Å²) in [6.45, 7) is 5.08. The molecule has 3 unspecified atom stereocenters. The fourth-order valence-corrected chi connectivity index (χ4v) is 2.47. The molecule has 112 valence electrons. The van der Waals surface area contributed by atoms with Crippen molar-refractivity contribution >= 4 is 21.9 Å². The van der Waals surface area contributed by atoms with Gasteiger partial charge in [-0.1, -0.05) is 35.7 Å². The van der Waals surface area contributed by atoms with Crippen LogP contribution in [-0.2, 0) is 14.3 Å². The van der Waals surface area contributed by atoms with Crippen LogP contribution in [-0.4, -0.2) is 41.3 Å². The third kappa shape index (κ3) is 6.23. The molecular formula is C14H25BrO4. The molecule has 0 aliphatic carbocycles. The SMILES string of the molecule is CCCCCOCC1CC(CC(C)(O)CBr)C(=O)O1. The van der Waals surface area contributed by atoms with Crippen molar-refractivity contribution in [3.8, 4) is 0 Å². The highest BCUT2D eigenvalue weighted by Crippen LogP contribution is 2.29. The maximum atomic E-state index is 11.7. The zero-order valence-corrected chi connectivity index (χ0v) is 13.4. The van der Waals surface area contributed by atoms with Gasteiger partial charge in [-0.2, -0.15) is 0 Å². The first kappa shape index (κ1) is 16.9. The van der Waals surface area contributed by atoms with Crippen LogP contribution in [0, 0.1) is 5.92 Å². The quantitative estimate of drug-likeness (QED) is 0.399. The van der Waals surface area contributed by atoms with E-state index in [1.165, 1.54) is 12.8 Å². The van der Waals surface area contributed by atoms with Crippen LogP contribution in [0.25, 0.3) is 0 Å². The summed E-state index contributed by atoms with van der Waals surface area (Å²) in [6.07, 6.45) is 4.33. The maximum Gasteiger partial charge on any atom is 0.309 e. The third-order valence-electron chi connectivity index (χ3n) is 3.33. The molecule has 0 amide bonds. The van der Waals surface area contributed by atoms with Crippen molar-refractivity contribution in [1.82, 2.24) is 0 Å². The van der Waals surface area contributed by atoms with Gasteiger partial charge in [0.25, 0.3) is 0 Å². The van der Waals surface area contributed by atoms with Crippen molar-refractivity contribution in [3.63, 3.8) is 0 Å². The molecule has 0 spiro atoms. The molecule has 0 aromatic rings. The highest BCUT2D eigenvalue weighted by Gasteiger charge is 2.38. The first-order valence-electron chi connectivity index (χ1n) is 7.05. The highest BCUT2D eigenvalue weighted by molar-refractivity contribution is 9.09. The molecule has 0 saturated carbocycles. The molecule has 1 heterocycles. The molecule has 19 heavy (non-hydrogen) atoms. The molecule has 1 saturated heterocycles. The number of ether oxygens (including phenoxy) is 2. The lowest BCUT2D eigenvalue weighted by Crippen LogP contribution is -2.30. The maximum absolute atomic E-state index is 11.7. The van der Waals surface area contributed by atoms with E-state index in [0.29, 0.717) is 24.8 Å². The topological polar surface area (TPSA) is 55.8 Å². The Hall–Kier alpha value is -0.130. The Labute approximate surface area is 124 Å². The minimum atomic E-state index is -0.861. The number of rotatable bonds is 9. The van der Waals surface area contributed by atoms with Crippen molar-refractivity contribution in [2.45, 2.75) is 57.7 Å². The van der Waals surface area contributed by atoms with Gasteiger partial charge in [0.15, 0.2) is 0 Å². The van der Waals surface area contributed by atoms with Gasteiger partial charge in [-0.3, -0.25) is 4.79 Å². The van der Waals surface area contributed by atoms with Crippen LogP contribution in [0.3, 0.4) is 0 Å². The lowest BCUT2D eigenvalue weighted by molar-refractivity contribution is -0.147. The summed E-state index contributed by atoms with van der Waals surface area (Å²) >= 11 is 3.25. The van der Waals surface area contributed by atoms with Gasteiger partial charge in [0.05, 0.1) is 18.1 Å². The fourth-order valence-electron chi connectivity index (χ4n) is 2.25. The second kappa shape index (κ2) is 8.22. The van der Waals surface area contributed by atoms with E-state index in [2.05, 4.69) is 22.9 Å². The van der Waals surface area contributed by atoms with Crippen LogP contribution < -0.4 is 0 Å². The van der Waals surface area contributed by atoms with Gasteiger partial charge in [-0.05, 0) is 19.8 Å². The lowest BCUT2D eigenvalue weighted by atomic mass is 9.91. The van der Waals surface area contributed by atoms with E-state index in [0.717, 1.165) is 13.0 Å². The van der Waals surface area contributed by atoms with Crippen molar-refractivity contribution < 1.29 is 19.4 Å². The zero-order valence-electron chi connectivity index (χ0n) is 11.9. The number of hydrogen-bond donors (Lipinski definition) is 1. The number of aliphatic hydroxyl groups is 1. The Bertz CT molecular complexity index is 281. The van der Waals surface area contributed by atoms with Crippen LogP contribution >= 0.6 is 15.9 Å². The van der Waals surface area contributed by atoms with Gasteiger partial charge in [-0.25, -0.2) is 0 Å². The van der Waals surface area contributed by atoms with Gasteiger partial charge in [0, 0.05) is 18.4 Å². The van der Waals surface area contributed by atoms with Crippen molar-refractivity contribution in [2.24, 2.45) is 5.92 Å². The second-order valence-electron chi connectivity index (χ2n) is 5.61. The van der Waals surface area contributed by atoms with E-state index in [1.807, 2.05) is 0 Å². The summed E-state index contributed by atoms with van der Waals surface area (Å²) in [5, 5.41) is 10.4. The molecule has 1 aliphatic heterocycles. The average Bonchev–Trinajstić information content (AvgIpc) is 2.69. The molecule has 1 fully saturated rings. The number of carbonyl (C=O) groups is 1. The lowest BCUT2D eigenvalue weighted by Gasteiger charge is -2.22. The minimum Gasteiger partial charge on any atom is -0.460 e. The first-order valence-corrected chi connectivity index (χ1v) is 8.17. The van der Waals surface area contributed by atoms with Gasteiger partial charge < -0.3 is 14.6 Å². The van der Waals surface area contributed by atoms with Crippen molar-refractivity contribution in [2.75, 3.05) is 18.5 Å². The van der Waals surface area contributed by atoms with Crippen molar-refractivity contribution in [3.05, 3.63) is 0 Å². The van der Waals surface area contributed by atoms with Gasteiger partial charge in [-0.15, -0.1) is 0 Å². The molecule has 4 nitrogen and oxygen atoms in total. The monoisotopic (exact) mass is 336 g/mol. The minimum absolute atomic E-state index is 0.148. The fraction of sp³-hybridized carbons (Fsp3) is 0.929. The molecule has 1 rings (SSSR count). The number of unbranched alkanes of at least 4 members (excludes halogenated alkanes) is 2. The summed E-state index contributed by atoms with van der Waals surface area (Å²) in [6, 6.07) is 0. The number of carbonyl (C=O) groups excluding carboxylic acids is 1. The van der Waals surface area contributed by atoms with Gasteiger partial charge >= 0.3 is 5.97 Å². The zero-order chi connectivity index (χ0) is 14.3. The van der Waals surface area contributed by atoms with Gasteiger partial charge in [0.1, 0.15) is 6.10 Å². The Morgan fingerprint density at radius 1 is 1.53 bits per heavy atom.